The lowest BCUT2D eigenvalue weighted by molar-refractivity contribution is -0.131. The minimum atomic E-state index is -0.266. The van der Waals surface area contributed by atoms with Crippen molar-refractivity contribution in [2.75, 3.05) is 18.9 Å². The summed E-state index contributed by atoms with van der Waals surface area (Å²) in [5, 5.41) is 10.3. The number of carbonyl (C=O) groups excluding carboxylic acids is 2. The molecule has 7 heteroatoms. The van der Waals surface area contributed by atoms with Crippen LogP contribution in [0.4, 0.5) is 5.95 Å². The van der Waals surface area contributed by atoms with E-state index in [1.807, 2.05) is 4.57 Å². The van der Waals surface area contributed by atoms with Gasteiger partial charge in [-0.2, -0.15) is 0 Å². The Morgan fingerprint density at radius 1 is 1.59 bits per heavy atom. The molecule has 0 bridgehead atoms. The molecule has 17 heavy (non-hydrogen) atoms. The fraction of sp³-hybridized carbons (Fsp3) is 0.600. The van der Waals surface area contributed by atoms with Crippen LogP contribution in [-0.4, -0.2) is 45.1 Å². The predicted molar refractivity (Wildman–Crippen MR) is 60.2 cm³/mol. The van der Waals surface area contributed by atoms with Crippen LogP contribution >= 0.6 is 0 Å². The Hall–Kier alpha value is -1.92. The van der Waals surface area contributed by atoms with Gasteiger partial charge in [0, 0.05) is 20.0 Å². The SMILES string of the molecule is CC(=O)N(C)CC(=O)Nc1nncn1C1CC1. The van der Waals surface area contributed by atoms with Gasteiger partial charge in [0.2, 0.25) is 17.8 Å². The number of hydrogen-bond acceptors (Lipinski definition) is 4. The van der Waals surface area contributed by atoms with E-state index in [9.17, 15) is 9.59 Å². The second-order valence-corrected chi connectivity index (χ2v) is 4.22. The summed E-state index contributed by atoms with van der Waals surface area (Å²) < 4.78 is 1.85. The average Bonchev–Trinajstić information content (AvgIpc) is 3.00. The van der Waals surface area contributed by atoms with Gasteiger partial charge in [-0.25, -0.2) is 0 Å². The van der Waals surface area contributed by atoms with Crippen LogP contribution in [0.3, 0.4) is 0 Å². The first-order valence-electron chi connectivity index (χ1n) is 5.49. The number of nitrogens with one attached hydrogen (secondary N) is 1. The molecular formula is C10H15N5O2. The van der Waals surface area contributed by atoms with E-state index in [1.54, 1.807) is 13.4 Å². The highest BCUT2D eigenvalue weighted by molar-refractivity contribution is 5.92. The number of nitrogens with zero attached hydrogens (tertiary/aromatic N) is 4. The largest absolute Gasteiger partial charge is 0.337 e. The first kappa shape index (κ1) is 11.6. The maximum atomic E-state index is 11.6. The third-order valence-corrected chi connectivity index (χ3v) is 2.68. The Balaban J connectivity index is 1.93. The van der Waals surface area contributed by atoms with E-state index in [2.05, 4.69) is 15.5 Å². The fourth-order valence-corrected chi connectivity index (χ4v) is 1.44. The van der Waals surface area contributed by atoms with Crippen molar-refractivity contribution in [2.24, 2.45) is 0 Å². The van der Waals surface area contributed by atoms with E-state index in [-0.39, 0.29) is 18.4 Å². The number of carbonyl (C=O) groups is 2. The van der Waals surface area contributed by atoms with Gasteiger partial charge in [-0.05, 0) is 12.8 Å². The van der Waals surface area contributed by atoms with Crippen LogP contribution < -0.4 is 5.32 Å². The molecule has 0 aromatic carbocycles. The predicted octanol–water partition coefficient (Wildman–Crippen LogP) is 0.0298. The molecule has 0 unspecified atom stereocenters. The number of anilines is 1. The zero-order chi connectivity index (χ0) is 12.4. The number of likely N-dealkylation sites (N-methyl/N-ethyl adjacent to an activating group) is 1. The molecule has 2 amide bonds. The minimum absolute atomic E-state index is 0.0207. The van der Waals surface area contributed by atoms with Crippen LogP contribution in [0, 0.1) is 0 Å². The molecule has 1 fully saturated rings. The van der Waals surface area contributed by atoms with E-state index in [0.717, 1.165) is 12.8 Å². The van der Waals surface area contributed by atoms with Gasteiger partial charge >= 0.3 is 0 Å². The molecule has 0 saturated heterocycles. The highest BCUT2D eigenvalue weighted by Crippen LogP contribution is 2.36. The van der Waals surface area contributed by atoms with Crippen LogP contribution in [0.5, 0.6) is 0 Å². The van der Waals surface area contributed by atoms with E-state index >= 15 is 0 Å². The number of aromatic nitrogens is 3. The Kier molecular flexibility index (Phi) is 3.08. The Morgan fingerprint density at radius 2 is 2.29 bits per heavy atom. The van der Waals surface area contributed by atoms with Crippen LogP contribution in [-0.2, 0) is 9.59 Å². The summed E-state index contributed by atoms with van der Waals surface area (Å²) >= 11 is 0. The maximum Gasteiger partial charge on any atom is 0.246 e. The topological polar surface area (TPSA) is 80.1 Å². The van der Waals surface area contributed by atoms with Crippen molar-refractivity contribution < 1.29 is 9.59 Å². The van der Waals surface area contributed by atoms with E-state index in [1.165, 1.54) is 11.8 Å². The molecule has 0 radical (unpaired) electrons. The maximum absolute atomic E-state index is 11.6. The molecule has 0 aliphatic heterocycles. The Bertz CT molecular complexity index is 438. The zero-order valence-electron chi connectivity index (χ0n) is 9.88. The number of amides is 2. The van der Waals surface area contributed by atoms with Gasteiger partial charge in [0.05, 0.1) is 6.54 Å². The zero-order valence-corrected chi connectivity index (χ0v) is 9.88. The standard InChI is InChI=1S/C10H15N5O2/c1-7(16)14(2)5-9(17)12-10-13-11-6-15(10)8-3-4-8/h6,8H,3-5H2,1-2H3,(H,12,13,17). The second kappa shape index (κ2) is 4.52. The van der Waals surface area contributed by atoms with Crippen LogP contribution in [0.2, 0.25) is 0 Å². The lowest BCUT2D eigenvalue weighted by Gasteiger charge is -2.14. The molecule has 1 N–H and O–H groups in total. The molecule has 7 nitrogen and oxygen atoms in total. The minimum Gasteiger partial charge on any atom is -0.337 e. The van der Waals surface area contributed by atoms with Gasteiger partial charge in [0.1, 0.15) is 6.33 Å². The fourth-order valence-electron chi connectivity index (χ4n) is 1.44. The van der Waals surface area contributed by atoms with Gasteiger partial charge in [0.25, 0.3) is 0 Å². The van der Waals surface area contributed by atoms with Crippen LogP contribution in [0.1, 0.15) is 25.8 Å². The monoisotopic (exact) mass is 237 g/mol. The summed E-state index contributed by atoms with van der Waals surface area (Å²) in [4.78, 5) is 24.0. The number of rotatable bonds is 4. The molecule has 1 aromatic heterocycles. The molecule has 1 aliphatic carbocycles. The lowest BCUT2D eigenvalue weighted by atomic mass is 10.5. The third-order valence-electron chi connectivity index (χ3n) is 2.68. The third kappa shape index (κ3) is 2.80. The molecule has 0 atom stereocenters. The van der Waals surface area contributed by atoms with Crippen molar-refractivity contribution in [3.8, 4) is 0 Å². The summed E-state index contributed by atoms with van der Waals surface area (Å²) in [7, 11) is 1.58. The summed E-state index contributed by atoms with van der Waals surface area (Å²) in [6, 6.07) is 0.408. The van der Waals surface area contributed by atoms with Crippen LogP contribution in [0.15, 0.2) is 6.33 Å². The highest BCUT2D eigenvalue weighted by atomic mass is 16.2. The molecule has 1 saturated carbocycles. The van der Waals surface area contributed by atoms with E-state index < -0.39 is 0 Å². The normalized spacial score (nSPS) is 14.5. The molecule has 1 aromatic rings. The van der Waals surface area contributed by atoms with Crippen molar-refractivity contribution in [1.29, 1.82) is 0 Å². The molecular weight excluding hydrogens is 222 g/mol. The van der Waals surface area contributed by atoms with Crippen molar-refractivity contribution in [2.45, 2.75) is 25.8 Å². The van der Waals surface area contributed by atoms with Gasteiger partial charge in [-0.3, -0.25) is 19.5 Å². The van der Waals surface area contributed by atoms with Gasteiger partial charge in [-0.1, -0.05) is 0 Å². The summed E-state index contributed by atoms with van der Waals surface area (Å²) in [6.45, 7) is 1.44. The highest BCUT2D eigenvalue weighted by Gasteiger charge is 2.26. The second-order valence-electron chi connectivity index (χ2n) is 4.22. The van der Waals surface area contributed by atoms with E-state index in [4.69, 9.17) is 0 Å². The van der Waals surface area contributed by atoms with Gasteiger partial charge in [0.15, 0.2) is 0 Å². The molecule has 2 rings (SSSR count). The lowest BCUT2D eigenvalue weighted by Crippen LogP contribution is -2.33. The Morgan fingerprint density at radius 3 is 2.88 bits per heavy atom. The van der Waals surface area contributed by atoms with Crippen molar-refractivity contribution in [3.63, 3.8) is 0 Å². The molecule has 1 heterocycles. The Labute approximate surface area is 98.8 Å². The molecule has 1 aliphatic rings. The molecule has 0 spiro atoms. The number of hydrogen-bond donors (Lipinski definition) is 1. The quantitative estimate of drug-likeness (QED) is 0.801. The molecule has 92 valence electrons. The van der Waals surface area contributed by atoms with Crippen molar-refractivity contribution >= 4 is 17.8 Å². The first-order valence-corrected chi connectivity index (χ1v) is 5.49. The summed E-state index contributed by atoms with van der Waals surface area (Å²) in [5.41, 5.74) is 0. The smallest absolute Gasteiger partial charge is 0.246 e. The average molecular weight is 237 g/mol. The van der Waals surface area contributed by atoms with Gasteiger partial charge in [-0.15, -0.1) is 10.2 Å². The summed E-state index contributed by atoms with van der Waals surface area (Å²) in [6.07, 6.45) is 3.80. The first-order chi connectivity index (χ1) is 8.08. The van der Waals surface area contributed by atoms with Crippen LogP contribution in [0.25, 0.3) is 0 Å². The van der Waals surface area contributed by atoms with E-state index in [0.29, 0.717) is 12.0 Å². The van der Waals surface area contributed by atoms with Crippen molar-refractivity contribution in [1.82, 2.24) is 19.7 Å². The summed E-state index contributed by atoms with van der Waals surface area (Å²) in [5.74, 6) is 0.0378. The van der Waals surface area contributed by atoms with Crippen molar-refractivity contribution in [3.05, 3.63) is 6.33 Å². The van der Waals surface area contributed by atoms with Gasteiger partial charge < -0.3 is 4.90 Å².